The second-order valence-electron chi connectivity index (χ2n) is 3.80. The van der Waals surface area contributed by atoms with Crippen LogP contribution in [-0.4, -0.2) is 19.6 Å². The van der Waals surface area contributed by atoms with E-state index in [2.05, 4.69) is 10.6 Å². The van der Waals surface area contributed by atoms with Crippen molar-refractivity contribution in [2.24, 2.45) is 0 Å². The van der Waals surface area contributed by atoms with Crippen molar-refractivity contribution in [2.75, 3.05) is 19.6 Å². The number of rotatable bonds is 1. The molecule has 0 aliphatic carbocycles. The quantitative estimate of drug-likeness (QED) is 0.815. The van der Waals surface area contributed by atoms with Crippen molar-refractivity contribution in [3.05, 3.63) is 34.1 Å². The fourth-order valence-corrected chi connectivity index (χ4v) is 2.13. The molecule has 0 unspecified atom stereocenters. The van der Waals surface area contributed by atoms with Crippen molar-refractivity contribution in [3.63, 3.8) is 0 Å². The van der Waals surface area contributed by atoms with Crippen LogP contribution >= 0.6 is 24.0 Å². The van der Waals surface area contributed by atoms with E-state index in [0.717, 1.165) is 19.6 Å². The third kappa shape index (κ3) is 2.66. The normalized spacial score (nSPS) is 20.3. The van der Waals surface area contributed by atoms with Gasteiger partial charge in [-0.1, -0.05) is 17.7 Å². The second kappa shape index (κ2) is 5.82. The molecule has 1 aliphatic heterocycles. The van der Waals surface area contributed by atoms with E-state index in [0.29, 0.717) is 16.1 Å². The molecule has 1 heterocycles. The molecule has 1 atom stereocenters. The van der Waals surface area contributed by atoms with Crippen LogP contribution in [0.1, 0.15) is 17.2 Å². The molecule has 0 saturated carbocycles. The van der Waals surface area contributed by atoms with E-state index >= 15 is 0 Å². The summed E-state index contributed by atoms with van der Waals surface area (Å²) >= 11 is 6.03. The van der Waals surface area contributed by atoms with E-state index in [4.69, 9.17) is 11.6 Å². The van der Waals surface area contributed by atoms with E-state index < -0.39 is 0 Å². The molecule has 0 aromatic heterocycles. The molecule has 0 spiro atoms. The van der Waals surface area contributed by atoms with Gasteiger partial charge in [0.15, 0.2) is 0 Å². The maximum atomic E-state index is 13.9. The molecular weight excluding hydrogens is 250 g/mol. The zero-order valence-corrected chi connectivity index (χ0v) is 10.6. The lowest BCUT2D eigenvalue weighted by atomic mass is 10.0. The largest absolute Gasteiger partial charge is 0.314 e. The van der Waals surface area contributed by atoms with Crippen LogP contribution in [-0.2, 0) is 0 Å². The van der Waals surface area contributed by atoms with E-state index in [-0.39, 0.29) is 24.3 Å². The van der Waals surface area contributed by atoms with E-state index in [1.807, 2.05) is 0 Å². The van der Waals surface area contributed by atoms with Gasteiger partial charge >= 0.3 is 0 Å². The molecule has 1 aromatic rings. The number of nitrogens with one attached hydrogen (secondary N) is 2. The van der Waals surface area contributed by atoms with Gasteiger partial charge in [-0.25, -0.2) is 4.39 Å². The minimum absolute atomic E-state index is 0. The van der Waals surface area contributed by atoms with Crippen LogP contribution in [0.3, 0.4) is 0 Å². The van der Waals surface area contributed by atoms with Gasteiger partial charge in [-0.05, 0) is 18.6 Å². The van der Waals surface area contributed by atoms with E-state index in [1.54, 1.807) is 19.1 Å². The monoisotopic (exact) mass is 264 g/mol. The minimum Gasteiger partial charge on any atom is -0.314 e. The first-order valence-electron chi connectivity index (χ1n) is 5.08. The molecule has 0 radical (unpaired) electrons. The summed E-state index contributed by atoms with van der Waals surface area (Å²) in [6, 6.07) is 3.44. The lowest BCUT2D eigenvalue weighted by Gasteiger charge is -2.26. The van der Waals surface area contributed by atoms with Crippen molar-refractivity contribution in [3.8, 4) is 0 Å². The maximum absolute atomic E-state index is 13.9. The average Bonchev–Trinajstić information content (AvgIpc) is 2.26. The number of benzene rings is 1. The Balaban J connectivity index is 0.00000128. The fraction of sp³-hybridized carbons (Fsp3) is 0.455. The number of hydrogen-bond donors (Lipinski definition) is 2. The molecule has 2 N–H and O–H groups in total. The first kappa shape index (κ1) is 13.7. The van der Waals surface area contributed by atoms with Gasteiger partial charge in [0.2, 0.25) is 0 Å². The van der Waals surface area contributed by atoms with Crippen LogP contribution in [0.5, 0.6) is 0 Å². The zero-order chi connectivity index (χ0) is 10.8. The summed E-state index contributed by atoms with van der Waals surface area (Å²) in [4.78, 5) is 0. The van der Waals surface area contributed by atoms with Gasteiger partial charge < -0.3 is 10.6 Å². The van der Waals surface area contributed by atoms with Gasteiger partial charge in [0.1, 0.15) is 5.82 Å². The summed E-state index contributed by atoms with van der Waals surface area (Å²) in [6.45, 7) is 4.24. The lowest BCUT2D eigenvalue weighted by Crippen LogP contribution is -2.43. The number of halogens is 3. The lowest BCUT2D eigenvalue weighted by molar-refractivity contribution is 0.416. The summed E-state index contributed by atoms with van der Waals surface area (Å²) in [6.07, 6.45) is 0. The molecule has 1 aromatic carbocycles. The van der Waals surface area contributed by atoms with Crippen molar-refractivity contribution < 1.29 is 4.39 Å². The molecule has 16 heavy (non-hydrogen) atoms. The number of aryl methyl sites for hydroxylation is 1. The third-order valence-corrected chi connectivity index (χ3v) is 3.04. The van der Waals surface area contributed by atoms with Crippen molar-refractivity contribution >= 4 is 24.0 Å². The standard InChI is InChI=1S/C11H14ClFN2.ClH/c1-7-2-3-8(12)10(11(7)13)9-6-14-4-5-15-9;/h2-3,9,14-15H,4-6H2,1H3;1H/t9-;/m1./s1. The molecule has 1 saturated heterocycles. The Morgan fingerprint density at radius 2 is 2.12 bits per heavy atom. The van der Waals surface area contributed by atoms with Crippen molar-refractivity contribution in [1.82, 2.24) is 10.6 Å². The van der Waals surface area contributed by atoms with E-state index in [1.165, 1.54) is 0 Å². The Labute approximate surface area is 106 Å². The van der Waals surface area contributed by atoms with Gasteiger partial charge in [-0.15, -0.1) is 12.4 Å². The van der Waals surface area contributed by atoms with Crippen LogP contribution in [0.2, 0.25) is 5.02 Å². The highest BCUT2D eigenvalue weighted by atomic mass is 35.5. The van der Waals surface area contributed by atoms with Crippen LogP contribution < -0.4 is 10.6 Å². The first-order chi connectivity index (χ1) is 7.20. The van der Waals surface area contributed by atoms with E-state index in [9.17, 15) is 4.39 Å². The summed E-state index contributed by atoms with van der Waals surface area (Å²) in [5.41, 5.74) is 1.23. The molecule has 5 heteroatoms. The first-order valence-corrected chi connectivity index (χ1v) is 5.46. The minimum atomic E-state index is -0.191. The predicted octanol–water partition coefficient (Wildman–Crippen LogP) is 2.44. The topological polar surface area (TPSA) is 24.1 Å². The molecule has 0 amide bonds. The molecular formula is C11H15Cl2FN2. The average molecular weight is 265 g/mol. The van der Waals surface area contributed by atoms with Crippen molar-refractivity contribution in [1.29, 1.82) is 0 Å². The Morgan fingerprint density at radius 1 is 1.38 bits per heavy atom. The highest BCUT2D eigenvalue weighted by Gasteiger charge is 2.21. The molecule has 2 rings (SSSR count). The number of hydrogen-bond acceptors (Lipinski definition) is 2. The second-order valence-corrected chi connectivity index (χ2v) is 4.21. The van der Waals surface area contributed by atoms with Gasteiger partial charge in [0, 0.05) is 36.3 Å². The molecule has 1 aliphatic rings. The highest BCUT2D eigenvalue weighted by molar-refractivity contribution is 6.31. The summed E-state index contributed by atoms with van der Waals surface area (Å²) in [5.74, 6) is -0.191. The molecule has 1 fully saturated rings. The van der Waals surface area contributed by atoms with Crippen molar-refractivity contribution in [2.45, 2.75) is 13.0 Å². The van der Waals surface area contributed by atoms with Gasteiger partial charge in [0.05, 0.1) is 0 Å². The maximum Gasteiger partial charge on any atom is 0.132 e. The summed E-state index contributed by atoms with van der Waals surface area (Å²) in [7, 11) is 0. The Bertz CT molecular complexity index is 365. The Kier molecular flexibility index (Phi) is 4.99. The van der Waals surface area contributed by atoms with Crippen LogP contribution in [0.25, 0.3) is 0 Å². The summed E-state index contributed by atoms with van der Waals surface area (Å²) in [5, 5.41) is 6.98. The Morgan fingerprint density at radius 3 is 2.75 bits per heavy atom. The van der Waals surface area contributed by atoms with Gasteiger partial charge in [0.25, 0.3) is 0 Å². The number of piperazine rings is 1. The fourth-order valence-electron chi connectivity index (χ4n) is 1.86. The third-order valence-electron chi connectivity index (χ3n) is 2.71. The summed E-state index contributed by atoms with van der Waals surface area (Å²) < 4.78 is 13.9. The van der Waals surface area contributed by atoms with Crippen LogP contribution in [0, 0.1) is 12.7 Å². The smallest absolute Gasteiger partial charge is 0.132 e. The SMILES string of the molecule is Cc1ccc(Cl)c([C@H]2CNCCN2)c1F.Cl. The predicted molar refractivity (Wildman–Crippen MR) is 67.0 cm³/mol. The van der Waals surface area contributed by atoms with Crippen LogP contribution in [0.4, 0.5) is 4.39 Å². The zero-order valence-electron chi connectivity index (χ0n) is 9.02. The molecule has 0 bridgehead atoms. The molecule has 2 nitrogen and oxygen atoms in total. The highest BCUT2D eigenvalue weighted by Crippen LogP contribution is 2.28. The van der Waals surface area contributed by atoms with Gasteiger partial charge in [-0.3, -0.25) is 0 Å². The Hall–Kier alpha value is -0.350. The van der Waals surface area contributed by atoms with Gasteiger partial charge in [-0.2, -0.15) is 0 Å². The van der Waals surface area contributed by atoms with Crippen LogP contribution in [0.15, 0.2) is 12.1 Å². The molecule has 90 valence electrons.